The molecule has 2 aromatic carbocycles. The molecule has 0 saturated carbocycles. The van der Waals surface area contributed by atoms with E-state index < -0.39 is 108 Å². The van der Waals surface area contributed by atoms with Gasteiger partial charge in [-0.25, -0.2) is 4.98 Å². The van der Waals surface area contributed by atoms with Gasteiger partial charge in [-0.05, 0) is 61.3 Å². The zero-order chi connectivity index (χ0) is 56.9. The van der Waals surface area contributed by atoms with Gasteiger partial charge in [-0.3, -0.25) is 53.4 Å². The van der Waals surface area contributed by atoms with Crippen molar-refractivity contribution in [1.82, 2.24) is 67.4 Å². The second kappa shape index (κ2) is 27.2. The van der Waals surface area contributed by atoms with Crippen molar-refractivity contribution in [2.45, 2.75) is 128 Å². The minimum absolute atomic E-state index is 0.0440. The van der Waals surface area contributed by atoms with Crippen LogP contribution in [0.1, 0.15) is 76.4 Å². The number of thioether (sulfide) groups is 1. The number of aromatic nitrogens is 4. The average molecular weight is 1110 g/mol. The van der Waals surface area contributed by atoms with E-state index in [9.17, 15) is 43.2 Å². The topological polar surface area (TPSA) is 365 Å². The Morgan fingerprint density at radius 3 is 2.15 bits per heavy atom. The van der Waals surface area contributed by atoms with Gasteiger partial charge < -0.3 is 63.6 Å². The van der Waals surface area contributed by atoms with E-state index in [2.05, 4.69) is 62.5 Å². The summed E-state index contributed by atoms with van der Waals surface area (Å²) in [5.41, 5.74) is 16.0. The molecule has 79 heavy (non-hydrogen) atoms. The maximum Gasteiger partial charge on any atom is 0.243 e. The maximum atomic E-state index is 14.3. The normalized spacial score (nSPS) is 17.7. The monoisotopic (exact) mass is 1110 g/mol. The second-order valence-corrected chi connectivity index (χ2v) is 22.1. The first kappa shape index (κ1) is 58.9. The lowest BCUT2D eigenvalue weighted by molar-refractivity contribution is -0.135. The van der Waals surface area contributed by atoms with Crippen molar-refractivity contribution in [3.8, 4) is 0 Å². The van der Waals surface area contributed by atoms with Crippen molar-refractivity contribution in [1.29, 1.82) is 0 Å². The number of benzene rings is 2. The first-order valence-corrected chi connectivity index (χ1v) is 27.7. The molecular formula is C54H73N15O9S. The zero-order valence-corrected chi connectivity index (χ0v) is 45.9. The summed E-state index contributed by atoms with van der Waals surface area (Å²) in [4.78, 5) is 137. The molecule has 25 heteroatoms. The van der Waals surface area contributed by atoms with Gasteiger partial charge in [-0.2, -0.15) is 0 Å². The van der Waals surface area contributed by atoms with Crippen LogP contribution in [0.25, 0.3) is 21.8 Å². The lowest BCUT2D eigenvalue weighted by Crippen LogP contribution is -2.60. The number of nitrogens with two attached hydrogens (primary N) is 2. The van der Waals surface area contributed by atoms with Crippen LogP contribution in [0.2, 0.25) is 0 Å². The summed E-state index contributed by atoms with van der Waals surface area (Å²) in [6.07, 6.45) is 5.15. The summed E-state index contributed by atoms with van der Waals surface area (Å²) in [5, 5.41) is 24.2. The van der Waals surface area contributed by atoms with Crippen LogP contribution in [-0.4, -0.2) is 151 Å². The predicted octanol–water partition coefficient (Wildman–Crippen LogP) is -0.255. The minimum atomic E-state index is -1.32. The van der Waals surface area contributed by atoms with Crippen LogP contribution in [0, 0.1) is 11.8 Å². The molecule has 5 aromatic rings. The third kappa shape index (κ3) is 15.9. The number of carbonyl (C=O) groups excluding carboxylic acids is 9. The fourth-order valence-electron chi connectivity index (χ4n) is 9.95. The van der Waals surface area contributed by atoms with Crippen molar-refractivity contribution in [3.63, 3.8) is 0 Å². The van der Waals surface area contributed by atoms with Gasteiger partial charge in [-0.1, -0.05) is 64.1 Å². The standard InChI is InChI=1S/C54H73N15O9S/c1-28(2)16-33(24-69-27-79-25-44(69)48(56)72)63-53(77)42(18-32-21-57-26-61-32)65-46(71)23-60-54(78)47(29(3)4)68-49(73)30(5)62-52(76)41(17-31-20-58-37-12-8-6-10-34(31)37)67-50(74)39(14-15-45(55)70)66-51(75)40-19-36-35-11-7-9-13-38(35)64-43(36)22-59-40/h6-13,20-21,26,28-30,33,39-42,44,47,58-59,64H,14-19,22-25,27H2,1-5H3,(H2,55,70)(H2,56,72)(H,57,61)(H,60,78)(H,62,76)(H,63,77)(H,65,71)(H,66,75)(H,67,74)(H,68,73)/t30-,33-,39-,40-,41-,42-,44-,47-/m0/s1. The molecule has 0 radical (unpaired) electrons. The highest BCUT2D eigenvalue weighted by Gasteiger charge is 2.36. The summed E-state index contributed by atoms with van der Waals surface area (Å²) in [7, 11) is 0. The first-order valence-electron chi connectivity index (χ1n) is 26.6. The number of hydrogen-bond donors (Lipinski definition) is 13. The van der Waals surface area contributed by atoms with Crippen molar-refractivity contribution in [2.75, 3.05) is 24.7 Å². The Morgan fingerprint density at radius 2 is 1.46 bits per heavy atom. The number of nitrogens with zero attached hydrogens (tertiary/aromatic N) is 2. The van der Waals surface area contributed by atoms with Gasteiger partial charge in [0.1, 0.15) is 30.2 Å². The van der Waals surface area contributed by atoms with Gasteiger partial charge in [0, 0.05) is 95.6 Å². The summed E-state index contributed by atoms with van der Waals surface area (Å²) < 4.78 is 0. The highest BCUT2D eigenvalue weighted by molar-refractivity contribution is 7.99. The molecular weight excluding hydrogens is 1030 g/mol. The Bertz CT molecular complexity index is 2990. The molecule has 0 spiro atoms. The molecule has 2 aliphatic rings. The summed E-state index contributed by atoms with van der Waals surface area (Å²) in [6.45, 7) is 8.98. The fraction of sp³-hybridized carbons (Fsp3) is 0.481. The molecule has 15 N–H and O–H groups in total. The Labute approximate surface area is 461 Å². The van der Waals surface area contributed by atoms with Crippen LogP contribution < -0.4 is 54.0 Å². The average Bonchev–Trinajstić information content (AvgIpc) is 4.26. The summed E-state index contributed by atoms with van der Waals surface area (Å²) >= 11 is 1.58. The highest BCUT2D eigenvalue weighted by atomic mass is 32.2. The van der Waals surface area contributed by atoms with E-state index in [1.807, 2.05) is 67.3 Å². The molecule has 0 unspecified atom stereocenters. The number of hydrogen-bond acceptors (Lipinski definition) is 13. The molecule has 3 aromatic heterocycles. The number of fused-ring (bicyclic) bond motifs is 4. The zero-order valence-electron chi connectivity index (χ0n) is 45.0. The Balaban J connectivity index is 0.984. The maximum absolute atomic E-state index is 14.3. The van der Waals surface area contributed by atoms with E-state index in [0.717, 1.165) is 33.1 Å². The molecule has 7 rings (SSSR count). The van der Waals surface area contributed by atoms with Crippen molar-refractivity contribution in [3.05, 3.63) is 89.8 Å². The predicted molar refractivity (Wildman–Crippen MR) is 297 cm³/mol. The van der Waals surface area contributed by atoms with Gasteiger partial charge in [0.25, 0.3) is 0 Å². The Hall–Kier alpha value is -7.77. The smallest absolute Gasteiger partial charge is 0.243 e. The summed E-state index contributed by atoms with van der Waals surface area (Å²) in [5.74, 6) is -5.02. The number of nitrogens with one attached hydrogen (secondary N) is 11. The van der Waals surface area contributed by atoms with Crippen LogP contribution >= 0.6 is 11.8 Å². The largest absolute Gasteiger partial charge is 0.370 e. The Morgan fingerprint density at radius 1 is 0.759 bits per heavy atom. The summed E-state index contributed by atoms with van der Waals surface area (Å²) in [6, 6.07) is 7.37. The number of carbonyl (C=O) groups is 9. The van der Waals surface area contributed by atoms with Gasteiger partial charge in [-0.15, -0.1) is 11.8 Å². The molecule has 0 bridgehead atoms. The van der Waals surface area contributed by atoms with E-state index in [1.165, 1.54) is 19.4 Å². The molecule has 0 aliphatic carbocycles. The van der Waals surface area contributed by atoms with Crippen LogP contribution in [0.15, 0.2) is 67.3 Å². The second-order valence-electron chi connectivity index (χ2n) is 21.1. The highest BCUT2D eigenvalue weighted by Crippen LogP contribution is 2.27. The lowest BCUT2D eigenvalue weighted by atomic mass is 9.97. The van der Waals surface area contributed by atoms with Crippen molar-refractivity contribution < 1.29 is 43.2 Å². The van der Waals surface area contributed by atoms with E-state index >= 15 is 0 Å². The van der Waals surface area contributed by atoms with Gasteiger partial charge in [0.2, 0.25) is 53.2 Å². The number of imidazole rings is 1. The number of H-pyrrole nitrogens is 3. The number of rotatable bonds is 27. The van der Waals surface area contributed by atoms with Gasteiger partial charge in [0.05, 0.1) is 25.0 Å². The molecule has 424 valence electrons. The van der Waals surface area contributed by atoms with E-state index in [1.54, 1.807) is 31.8 Å². The van der Waals surface area contributed by atoms with Crippen LogP contribution in [0.4, 0.5) is 0 Å². The molecule has 5 heterocycles. The molecule has 24 nitrogen and oxygen atoms in total. The minimum Gasteiger partial charge on any atom is -0.370 e. The van der Waals surface area contributed by atoms with Crippen molar-refractivity contribution in [2.24, 2.45) is 23.3 Å². The molecule has 1 saturated heterocycles. The van der Waals surface area contributed by atoms with Gasteiger partial charge >= 0.3 is 0 Å². The van der Waals surface area contributed by atoms with Crippen LogP contribution in [-0.2, 0) is 69.0 Å². The molecule has 2 aliphatic heterocycles. The fourth-order valence-corrected chi connectivity index (χ4v) is 11.2. The SMILES string of the molecule is CC(C)C[C@@H](CN1CSC[C@H]1C(N)=O)NC(=O)[C@H](Cc1cnc[nH]1)NC(=O)CNC(=O)[C@@H](NC(=O)[C@H](C)NC(=O)[C@H](Cc1c[nH]c2ccccc12)NC(=O)[C@H](CCC(N)=O)NC(=O)[C@@H]1Cc2c([nH]c3ccccc23)CN1)C(C)C. The number of aromatic amines is 3. The molecule has 9 amide bonds. The van der Waals surface area contributed by atoms with Crippen LogP contribution in [0.5, 0.6) is 0 Å². The third-order valence-corrected chi connectivity index (χ3v) is 15.2. The Kier molecular flexibility index (Phi) is 20.3. The number of para-hydroxylation sites is 2. The lowest BCUT2D eigenvalue weighted by Gasteiger charge is -2.30. The number of amides is 9. The first-order chi connectivity index (χ1) is 37.7. The molecule has 1 fully saturated rings. The van der Waals surface area contributed by atoms with Crippen molar-refractivity contribution >= 4 is 86.7 Å². The third-order valence-electron chi connectivity index (χ3n) is 14.1. The van der Waals surface area contributed by atoms with Gasteiger partial charge in [0.15, 0.2) is 0 Å². The molecule has 8 atom stereocenters. The van der Waals surface area contributed by atoms with Crippen LogP contribution in [0.3, 0.4) is 0 Å². The quantitative estimate of drug-likeness (QED) is 0.0323. The van der Waals surface area contributed by atoms with E-state index in [4.69, 9.17) is 11.5 Å². The van der Waals surface area contributed by atoms with E-state index in [0.29, 0.717) is 48.8 Å². The van der Waals surface area contributed by atoms with E-state index in [-0.39, 0.29) is 37.6 Å². The number of primary amides is 2.